The van der Waals surface area contributed by atoms with E-state index < -0.39 is 37.0 Å². The van der Waals surface area contributed by atoms with E-state index in [1.54, 1.807) is 0 Å². The van der Waals surface area contributed by atoms with Crippen molar-refractivity contribution in [1.82, 2.24) is 0 Å². The van der Waals surface area contributed by atoms with E-state index in [0.29, 0.717) is 18.6 Å². The van der Waals surface area contributed by atoms with Gasteiger partial charge in [0.05, 0.1) is 24.4 Å². The summed E-state index contributed by atoms with van der Waals surface area (Å²) in [7, 11) is 0. The van der Waals surface area contributed by atoms with Gasteiger partial charge in [-0.1, -0.05) is 6.92 Å². The minimum absolute atomic E-state index is 0.0245. The molecule has 0 aromatic rings. The average Bonchev–Trinajstić information content (AvgIpc) is 2.41. The van der Waals surface area contributed by atoms with Gasteiger partial charge >= 0.3 is 0 Å². The molecule has 1 unspecified atom stereocenters. The number of aliphatic hydroxyl groups is 3. The fraction of sp³-hybridized carbons (Fsp3) is 1.00. The van der Waals surface area contributed by atoms with E-state index >= 15 is 0 Å². The summed E-state index contributed by atoms with van der Waals surface area (Å²) in [6, 6.07) is 0. The zero-order chi connectivity index (χ0) is 14.7. The average molecular weight is 308 g/mol. The third kappa shape index (κ3) is 4.07. The summed E-state index contributed by atoms with van der Waals surface area (Å²) in [5.41, 5.74) is 0. The van der Waals surface area contributed by atoms with E-state index in [0.717, 1.165) is 6.42 Å². The lowest BCUT2D eigenvalue weighted by molar-refractivity contribution is -0.316. The van der Waals surface area contributed by atoms with Gasteiger partial charge in [0.1, 0.15) is 6.10 Å². The van der Waals surface area contributed by atoms with Crippen LogP contribution in [0.2, 0.25) is 0 Å². The third-order valence-electron chi connectivity index (χ3n) is 3.82. The summed E-state index contributed by atoms with van der Waals surface area (Å²) >= 11 is 4.09. The lowest BCUT2D eigenvalue weighted by Gasteiger charge is -2.39. The van der Waals surface area contributed by atoms with E-state index in [2.05, 4.69) is 12.6 Å². The Labute approximate surface area is 124 Å². The molecule has 0 aromatic heterocycles. The van der Waals surface area contributed by atoms with Crippen LogP contribution in [0.3, 0.4) is 0 Å². The largest absolute Gasteiger partial charge is 0.393 e. The van der Waals surface area contributed by atoms with Gasteiger partial charge in [-0.05, 0) is 12.8 Å². The molecular weight excluding hydrogens is 284 g/mol. The maximum atomic E-state index is 9.80. The number of hydrogen-bond acceptors (Lipinski definition) is 7. The molecule has 0 radical (unpaired) electrons. The molecule has 3 N–H and O–H groups in total. The van der Waals surface area contributed by atoms with Gasteiger partial charge in [-0.3, -0.25) is 0 Å². The summed E-state index contributed by atoms with van der Waals surface area (Å²) in [5.74, 6) is 0.295. The monoisotopic (exact) mass is 308 g/mol. The van der Waals surface area contributed by atoms with Gasteiger partial charge < -0.3 is 29.5 Å². The van der Waals surface area contributed by atoms with Crippen LogP contribution in [0.15, 0.2) is 0 Å². The van der Waals surface area contributed by atoms with Crippen LogP contribution < -0.4 is 0 Å². The molecule has 0 aromatic carbocycles. The van der Waals surface area contributed by atoms with Gasteiger partial charge in [0.25, 0.3) is 0 Å². The van der Waals surface area contributed by atoms with Crippen LogP contribution in [0, 0.1) is 0 Å². The maximum Gasteiger partial charge on any atom is 0.163 e. The number of hydrogen-bond donors (Lipinski definition) is 4. The van der Waals surface area contributed by atoms with Gasteiger partial charge in [-0.15, -0.1) is 0 Å². The van der Waals surface area contributed by atoms with E-state index in [1.807, 2.05) is 6.92 Å². The molecular formula is C13H24O6S. The molecule has 2 saturated heterocycles. The van der Waals surface area contributed by atoms with Gasteiger partial charge in [-0.2, -0.15) is 12.6 Å². The topological polar surface area (TPSA) is 88.4 Å². The zero-order valence-electron chi connectivity index (χ0n) is 11.6. The Morgan fingerprint density at radius 2 is 1.80 bits per heavy atom. The van der Waals surface area contributed by atoms with Gasteiger partial charge in [0.2, 0.25) is 0 Å². The summed E-state index contributed by atoms with van der Waals surface area (Å²) in [4.78, 5) is 0. The van der Waals surface area contributed by atoms with Crippen molar-refractivity contribution in [3.05, 3.63) is 0 Å². The molecule has 0 spiro atoms. The molecule has 6 nitrogen and oxygen atoms in total. The van der Waals surface area contributed by atoms with Crippen LogP contribution >= 0.6 is 12.6 Å². The molecule has 2 aliphatic rings. The van der Waals surface area contributed by atoms with Crippen LogP contribution in [0.1, 0.15) is 32.6 Å². The van der Waals surface area contributed by atoms with Crippen molar-refractivity contribution in [2.75, 3.05) is 5.75 Å². The normalized spacial score (nSPS) is 46.4. The SMILES string of the molecule is CC[C@@H]1C[C@H](O)CC(O[C@@H]2C[C@@H](O)[C@H](O)[C@@H](CS)O2)O1. The summed E-state index contributed by atoms with van der Waals surface area (Å²) in [6.45, 7) is 1.99. The molecule has 2 rings (SSSR count). The van der Waals surface area contributed by atoms with Crippen LogP contribution in [0.4, 0.5) is 0 Å². The van der Waals surface area contributed by atoms with Crippen molar-refractivity contribution >= 4 is 12.6 Å². The molecule has 20 heavy (non-hydrogen) atoms. The minimum Gasteiger partial charge on any atom is -0.393 e. The van der Waals surface area contributed by atoms with Gasteiger partial charge in [0.15, 0.2) is 12.6 Å². The lowest BCUT2D eigenvalue weighted by atomic mass is 10.0. The first-order valence-corrected chi connectivity index (χ1v) is 7.78. The molecule has 2 heterocycles. The van der Waals surface area contributed by atoms with Gasteiger partial charge in [0, 0.05) is 18.6 Å². The second-order valence-electron chi connectivity index (χ2n) is 5.44. The Morgan fingerprint density at radius 3 is 2.45 bits per heavy atom. The molecule has 0 saturated carbocycles. The molecule has 0 amide bonds. The van der Waals surface area contributed by atoms with E-state index in [4.69, 9.17) is 14.2 Å². The highest BCUT2D eigenvalue weighted by atomic mass is 32.1. The second-order valence-corrected chi connectivity index (χ2v) is 5.80. The molecule has 2 aliphatic heterocycles. The summed E-state index contributed by atoms with van der Waals surface area (Å²) in [5, 5.41) is 29.3. The summed E-state index contributed by atoms with van der Waals surface area (Å²) in [6.07, 6.45) is -2.10. The minimum atomic E-state index is -0.950. The molecule has 7 atom stereocenters. The van der Waals surface area contributed by atoms with Crippen LogP contribution in [0.25, 0.3) is 0 Å². The predicted molar refractivity (Wildman–Crippen MR) is 74.4 cm³/mol. The van der Waals surface area contributed by atoms with Gasteiger partial charge in [-0.25, -0.2) is 0 Å². The number of aliphatic hydroxyl groups excluding tert-OH is 3. The quantitative estimate of drug-likeness (QED) is 0.549. The Bertz CT molecular complexity index is 305. The Morgan fingerprint density at radius 1 is 1.10 bits per heavy atom. The first kappa shape index (κ1) is 16.5. The number of rotatable bonds is 4. The highest BCUT2D eigenvalue weighted by Crippen LogP contribution is 2.28. The highest BCUT2D eigenvalue weighted by molar-refractivity contribution is 7.80. The van der Waals surface area contributed by atoms with Crippen LogP contribution in [0.5, 0.6) is 0 Å². The Hall–Kier alpha value is 0.110. The maximum absolute atomic E-state index is 9.80. The fourth-order valence-electron chi connectivity index (χ4n) is 2.62. The van der Waals surface area contributed by atoms with Crippen molar-refractivity contribution in [1.29, 1.82) is 0 Å². The number of ether oxygens (including phenoxy) is 3. The molecule has 118 valence electrons. The Balaban J connectivity index is 1.89. The van der Waals surface area contributed by atoms with Crippen molar-refractivity contribution in [2.24, 2.45) is 0 Å². The standard InChI is InChI=1S/C13H24O6S/c1-2-8-3-7(14)4-11(17-8)19-12-5-9(15)13(16)10(6-20)18-12/h7-16,20H,2-6H2,1H3/t7-,8+,9+,10+,11?,12+,13-/m0/s1. The van der Waals surface area contributed by atoms with E-state index in [-0.39, 0.29) is 12.5 Å². The van der Waals surface area contributed by atoms with Crippen molar-refractivity contribution in [2.45, 2.75) is 75.7 Å². The molecule has 0 bridgehead atoms. The van der Waals surface area contributed by atoms with Crippen molar-refractivity contribution < 1.29 is 29.5 Å². The predicted octanol–water partition coefficient (Wildman–Crippen LogP) is 0.0456. The first-order valence-electron chi connectivity index (χ1n) is 7.14. The zero-order valence-corrected chi connectivity index (χ0v) is 12.5. The highest BCUT2D eigenvalue weighted by Gasteiger charge is 2.38. The van der Waals surface area contributed by atoms with Crippen molar-refractivity contribution in [3.63, 3.8) is 0 Å². The lowest BCUT2D eigenvalue weighted by Crippen LogP contribution is -2.51. The van der Waals surface area contributed by atoms with Crippen LogP contribution in [-0.2, 0) is 14.2 Å². The molecule has 0 aliphatic carbocycles. The summed E-state index contributed by atoms with van der Waals surface area (Å²) < 4.78 is 16.9. The smallest absolute Gasteiger partial charge is 0.163 e. The molecule has 7 heteroatoms. The second kappa shape index (κ2) is 7.40. The van der Waals surface area contributed by atoms with Crippen LogP contribution in [-0.4, -0.2) is 64.2 Å². The Kier molecular flexibility index (Phi) is 6.09. The van der Waals surface area contributed by atoms with E-state index in [9.17, 15) is 15.3 Å². The third-order valence-corrected chi connectivity index (χ3v) is 4.18. The van der Waals surface area contributed by atoms with E-state index in [1.165, 1.54) is 0 Å². The first-order chi connectivity index (χ1) is 9.53. The fourth-order valence-corrected chi connectivity index (χ4v) is 2.92. The van der Waals surface area contributed by atoms with Crippen molar-refractivity contribution in [3.8, 4) is 0 Å². The molecule has 2 fully saturated rings. The number of thiol groups is 1.